The van der Waals surface area contributed by atoms with E-state index < -0.39 is 5.97 Å². The third-order valence-electron chi connectivity index (χ3n) is 5.31. The molecule has 0 spiro atoms. The van der Waals surface area contributed by atoms with E-state index in [4.69, 9.17) is 4.74 Å². The first-order chi connectivity index (χ1) is 15.7. The van der Waals surface area contributed by atoms with Crippen LogP contribution in [-0.4, -0.2) is 30.0 Å². The molecule has 0 aliphatic heterocycles. The molecular formula is C25H26N2O3S2. The van der Waals surface area contributed by atoms with Crippen LogP contribution in [0.3, 0.4) is 0 Å². The van der Waals surface area contributed by atoms with Gasteiger partial charge in [-0.15, -0.1) is 11.3 Å². The summed E-state index contributed by atoms with van der Waals surface area (Å²) in [6, 6.07) is 15.4. The highest BCUT2D eigenvalue weighted by molar-refractivity contribution is 8.00. The van der Waals surface area contributed by atoms with Crippen LogP contribution in [0.5, 0.6) is 0 Å². The Hall–Kier alpha value is -2.64. The lowest BCUT2D eigenvalue weighted by molar-refractivity contribution is -0.124. The molecule has 3 aromatic rings. The van der Waals surface area contributed by atoms with Gasteiger partial charge in [-0.1, -0.05) is 47.7 Å². The Morgan fingerprint density at radius 1 is 1.09 bits per heavy atom. The topological polar surface area (TPSA) is 68.3 Å². The van der Waals surface area contributed by atoms with Gasteiger partial charge in [0.15, 0.2) is 10.9 Å². The number of fused-ring (bicyclic) bond motifs is 1. The summed E-state index contributed by atoms with van der Waals surface area (Å²) < 4.78 is 7.37. The van der Waals surface area contributed by atoms with Crippen molar-refractivity contribution in [1.29, 1.82) is 0 Å². The third kappa shape index (κ3) is 6.43. The molecule has 1 N–H and O–H groups in total. The average molecular weight is 467 g/mol. The molecule has 2 aromatic carbocycles. The maximum atomic E-state index is 12.2. The fourth-order valence-electron chi connectivity index (χ4n) is 3.55. The molecule has 7 heteroatoms. The van der Waals surface area contributed by atoms with Crippen molar-refractivity contribution in [1.82, 2.24) is 10.3 Å². The fraction of sp³-hybridized carbons (Fsp3) is 0.320. The lowest BCUT2D eigenvalue weighted by Gasteiger charge is -2.13. The summed E-state index contributed by atoms with van der Waals surface area (Å²) in [5.41, 5.74) is 3.97. The van der Waals surface area contributed by atoms with Crippen LogP contribution >= 0.6 is 23.1 Å². The number of thiazole rings is 1. The number of para-hydroxylation sites is 1. The standard InChI is InChI=1S/C25H26N2O3S2/c28-23(26-15-14-18-6-2-1-3-7-18)16-30-24(29)20-12-10-19(11-13-20)17-31-25-27-21-8-4-5-9-22(21)32-25/h4-6,8-13H,1-3,7,14-17H2,(H,26,28). The second-order valence-electron chi connectivity index (χ2n) is 7.72. The molecule has 0 radical (unpaired) electrons. The number of thioether (sulfide) groups is 1. The van der Waals surface area contributed by atoms with Crippen molar-refractivity contribution in [3.8, 4) is 0 Å². The molecule has 0 saturated heterocycles. The molecule has 4 rings (SSSR count). The van der Waals surface area contributed by atoms with Gasteiger partial charge in [-0.05, 0) is 61.9 Å². The number of rotatable bonds is 9. The van der Waals surface area contributed by atoms with Crippen molar-refractivity contribution in [3.05, 3.63) is 71.3 Å². The largest absolute Gasteiger partial charge is 0.452 e. The molecule has 1 aliphatic rings. The molecule has 5 nitrogen and oxygen atoms in total. The lowest BCUT2D eigenvalue weighted by atomic mass is 9.97. The van der Waals surface area contributed by atoms with E-state index in [1.165, 1.54) is 23.1 Å². The summed E-state index contributed by atoms with van der Waals surface area (Å²) in [5.74, 6) is 0.0210. The van der Waals surface area contributed by atoms with Crippen molar-refractivity contribution >= 4 is 45.2 Å². The minimum absolute atomic E-state index is 0.257. The van der Waals surface area contributed by atoms with Gasteiger partial charge in [-0.3, -0.25) is 4.79 Å². The number of aromatic nitrogens is 1. The molecule has 0 saturated carbocycles. The molecule has 1 aromatic heterocycles. The van der Waals surface area contributed by atoms with E-state index >= 15 is 0 Å². The Morgan fingerprint density at radius 3 is 2.72 bits per heavy atom. The first-order valence-electron chi connectivity index (χ1n) is 10.9. The minimum Gasteiger partial charge on any atom is -0.452 e. The summed E-state index contributed by atoms with van der Waals surface area (Å²) in [6.07, 6.45) is 7.90. The number of esters is 1. The molecule has 0 atom stereocenters. The van der Waals surface area contributed by atoms with E-state index in [1.807, 2.05) is 30.3 Å². The van der Waals surface area contributed by atoms with E-state index in [1.54, 1.807) is 35.2 Å². The molecule has 0 fully saturated rings. The number of carbonyl (C=O) groups is 2. The number of ether oxygens (including phenoxy) is 1. The van der Waals surface area contributed by atoms with Crippen LogP contribution in [0.15, 0.2) is 64.5 Å². The predicted molar refractivity (Wildman–Crippen MR) is 130 cm³/mol. The van der Waals surface area contributed by atoms with Gasteiger partial charge in [-0.2, -0.15) is 0 Å². The quantitative estimate of drug-likeness (QED) is 0.247. The Balaban J connectivity index is 1.18. The summed E-state index contributed by atoms with van der Waals surface area (Å²) >= 11 is 3.36. The zero-order valence-corrected chi connectivity index (χ0v) is 19.5. The minimum atomic E-state index is -0.486. The van der Waals surface area contributed by atoms with E-state index in [2.05, 4.69) is 22.4 Å². The van der Waals surface area contributed by atoms with Gasteiger partial charge in [0.2, 0.25) is 0 Å². The van der Waals surface area contributed by atoms with Crippen LogP contribution in [0, 0.1) is 0 Å². The number of allylic oxidation sites excluding steroid dienone is 1. The predicted octanol–water partition coefficient (Wildman–Crippen LogP) is 5.75. The molecular weight excluding hydrogens is 440 g/mol. The van der Waals surface area contributed by atoms with Crippen molar-refractivity contribution in [3.63, 3.8) is 0 Å². The van der Waals surface area contributed by atoms with Crippen LogP contribution in [0.4, 0.5) is 0 Å². The Kier molecular flexibility index (Phi) is 7.96. The van der Waals surface area contributed by atoms with Crippen LogP contribution < -0.4 is 5.32 Å². The second-order valence-corrected chi connectivity index (χ2v) is 9.97. The number of hydrogen-bond donors (Lipinski definition) is 1. The highest BCUT2D eigenvalue weighted by atomic mass is 32.2. The molecule has 166 valence electrons. The van der Waals surface area contributed by atoms with Gasteiger partial charge in [0.25, 0.3) is 5.91 Å². The SMILES string of the molecule is O=C(COC(=O)c1ccc(CSc2nc3ccccc3s2)cc1)NCCC1=CCCCC1. The Morgan fingerprint density at radius 2 is 1.94 bits per heavy atom. The Bertz CT molecular complexity index is 1070. The average Bonchev–Trinajstić information content (AvgIpc) is 3.25. The number of amides is 1. The molecule has 0 bridgehead atoms. The summed E-state index contributed by atoms with van der Waals surface area (Å²) in [4.78, 5) is 28.8. The maximum absolute atomic E-state index is 12.2. The zero-order valence-electron chi connectivity index (χ0n) is 17.8. The van der Waals surface area contributed by atoms with Crippen LogP contribution in [0.1, 0.15) is 48.0 Å². The number of carbonyl (C=O) groups excluding carboxylic acids is 2. The summed E-state index contributed by atoms with van der Waals surface area (Å²) in [6.45, 7) is 0.330. The number of nitrogens with one attached hydrogen (secondary N) is 1. The molecule has 1 aliphatic carbocycles. The van der Waals surface area contributed by atoms with Gasteiger partial charge in [0, 0.05) is 12.3 Å². The highest BCUT2D eigenvalue weighted by Crippen LogP contribution is 2.31. The van der Waals surface area contributed by atoms with Gasteiger partial charge in [0.1, 0.15) is 0 Å². The van der Waals surface area contributed by atoms with Gasteiger partial charge < -0.3 is 10.1 Å². The number of benzene rings is 2. The highest BCUT2D eigenvalue weighted by Gasteiger charge is 2.11. The smallest absolute Gasteiger partial charge is 0.338 e. The van der Waals surface area contributed by atoms with Crippen molar-refractivity contribution in [2.45, 2.75) is 42.2 Å². The normalized spacial score (nSPS) is 13.6. The van der Waals surface area contributed by atoms with Gasteiger partial charge in [0.05, 0.1) is 15.8 Å². The Labute approximate surface area is 196 Å². The molecule has 32 heavy (non-hydrogen) atoms. The van der Waals surface area contributed by atoms with Gasteiger partial charge in [-0.25, -0.2) is 9.78 Å². The van der Waals surface area contributed by atoms with Gasteiger partial charge >= 0.3 is 5.97 Å². The van der Waals surface area contributed by atoms with E-state index in [0.717, 1.165) is 40.4 Å². The zero-order chi connectivity index (χ0) is 22.2. The third-order valence-corrected chi connectivity index (χ3v) is 7.56. The molecule has 1 amide bonds. The van der Waals surface area contributed by atoms with E-state index in [0.29, 0.717) is 12.1 Å². The number of nitrogens with zero attached hydrogens (tertiary/aromatic N) is 1. The molecule has 0 unspecified atom stereocenters. The van der Waals surface area contributed by atoms with Crippen molar-refractivity contribution in [2.24, 2.45) is 0 Å². The monoisotopic (exact) mass is 466 g/mol. The van der Waals surface area contributed by atoms with E-state index in [9.17, 15) is 9.59 Å². The second kappa shape index (κ2) is 11.3. The van der Waals surface area contributed by atoms with Crippen LogP contribution in [0.25, 0.3) is 10.2 Å². The fourth-order valence-corrected chi connectivity index (χ4v) is 5.58. The van der Waals surface area contributed by atoms with E-state index in [-0.39, 0.29) is 12.5 Å². The van der Waals surface area contributed by atoms with Crippen molar-refractivity contribution in [2.75, 3.05) is 13.2 Å². The first kappa shape index (κ1) is 22.6. The summed E-state index contributed by atoms with van der Waals surface area (Å²) in [5, 5.41) is 2.82. The lowest BCUT2D eigenvalue weighted by Crippen LogP contribution is -2.29. The molecule has 1 heterocycles. The van der Waals surface area contributed by atoms with Crippen LogP contribution in [0.2, 0.25) is 0 Å². The summed E-state index contributed by atoms with van der Waals surface area (Å²) in [7, 11) is 0. The maximum Gasteiger partial charge on any atom is 0.338 e. The van der Waals surface area contributed by atoms with Crippen LogP contribution in [-0.2, 0) is 15.3 Å². The number of hydrogen-bond acceptors (Lipinski definition) is 6. The van der Waals surface area contributed by atoms with Crippen molar-refractivity contribution < 1.29 is 14.3 Å². The first-order valence-corrected chi connectivity index (χ1v) is 12.7.